The summed E-state index contributed by atoms with van der Waals surface area (Å²) in [5, 5.41) is 0. The second-order valence-electron chi connectivity index (χ2n) is 8.73. The van der Waals surface area contributed by atoms with Gasteiger partial charge in [0.25, 0.3) is 0 Å². The number of ether oxygens (including phenoxy) is 3. The van der Waals surface area contributed by atoms with Crippen molar-refractivity contribution in [3.05, 3.63) is 95.1 Å². The predicted molar refractivity (Wildman–Crippen MR) is 130 cm³/mol. The Bertz CT molecular complexity index is 1050. The van der Waals surface area contributed by atoms with E-state index in [0.717, 1.165) is 6.42 Å². The van der Waals surface area contributed by atoms with Crippen molar-refractivity contribution in [2.75, 3.05) is 20.8 Å². The molecule has 33 heavy (non-hydrogen) atoms. The smallest absolute Gasteiger partial charge is 0.306 e. The average molecular weight is 445 g/mol. The lowest BCUT2D eigenvalue weighted by Crippen LogP contribution is -2.27. The molecular weight excluding hydrogens is 412 g/mol. The van der Waals surface area contributed by atoms with Crippen LogP contribution in [0.15, 0.2) is 72.8 Å². The molecule has 4 heteroatoms. The number of rotatable bonds is 8. The van der Waals surface area contributed by atoms with Gasteiger partial charge in [0.1, 0.15) is 0 Å². The van der Waals surface area contributed by atoms with Crippen LogP contribution < -0.4 is 9.47 Å². The fourth-order valence-electron chi connectivity index (χ4n) is 5.41. The number of carbonyl (C=O) groups excluding carboxylic acids is 1. The van der Waals surface area contributed by atoms with Crippen molar-refractivity contribution in [1.82, 2.24) is 0 Å². The van der Waals surface area contributed by atoms with E-state index in [2.05, 4.69) is 67.6 Å². The normalized spacial score (nSPS) is 17.2. The second-order valence-corrected chi connectivity index (χ2v) is 8.73. The van der Waals surface area contributed by atoms with Gasteiger partial charge in [-0.05, 0) is 59.6 Å². The average Bonchev–Trinajstić information content (AvgIpc) is 3.19. The quantitative estimate of drug-likeness (QED) is 0.393. The molecule has 1 aliphatic carbocycles. The minimum atomic E-state index is -0.356. The molecule has 0 amide bonds. The molecule has 0 radical (unpaired) electrons. The number of fused-ring (bicyclic) bond motifs is 1. The number of hydrogen-bond acceptors (Lipinski definition) is 4. The van der Waals surface area contributed by atoms with Gasteiger partial charge < -0.3 is 14.2 Å². The zero-order valence-electron chi connectivity index (χ0n) is 19.8. The van der Waals surface area contributed by atoms with Crippen molar-refractivity contribution in [2.24, 2.45) is 5.92 Å². The topological polar surface area (TPSA) is 44.8 Å². The maximum absolute atomic E-state index is 12.4. The summed E-state index contributed by atoms with van der Waals surface area (Å²) in [6.45, 7) is 4.39. The molecule has 0 heterocycles. The molecule has 0 fully saturated rings. The van der Waals surface area contributed by atoms with E-state index in [1.54, 1.807) is 14.2 Å². The molecule has 172 valence electrons. The van der Waals surface area contributed by atoms with E-state index in [0.29, 0.717) is 24.5 Å². The highest BCUT2D eigenvalue weighted by Crippen LogP contribution is 2.58. The highest BCUT2D eigenvalue weighted by atomic mass is 16.5. The summed E-state index contributed by atoms with van der Waals surface area (Å²) >= 11 is 0. The lowest BCUT2D eigenvalue weighted by Gasteiger charge is -2.33. The summed E-state index contributed by atoms with van der Waals surface area (Å²) in [5.74, 6) is 1.54. The van der Waals surface area contributed by atoms with Gasteiger partial charge in [-0.15, -0.1) is 0 Å². The van der Waals surface area contributed by atoms with Crippen LogP contribution in [0.2, 0.25) is 0 Å². The standard InChI is InChI=1S/C29H32O4/c1-5-33-28(30)16-20(2)24-19-29(21-12-8-6-9-13-21,22-14-10-7-11-15-22)25-18-27(32-4)26(31-3)17-23(24)25/h6-15,17-18,20,24H,5,16,19H2,1-4H3. The molecule has 4 nitrogen and oxygen atoms in total. The SMILES string of the molecule is CCOC(=O)CC(C)C1CC(c2ccccc2)(c2ccccc2)c2cc(OC)c(OC)cc21. The third-order valence-corrected chi connectivity index (χ3v) is 6.96. The Morgan fingerprint density at radius 1 is 0.939 bits per heavy atom. The summed E-state index contributed by atoms with van der Waals surface area (Å²) in [5.41, 5.74) is 4.52. The van der Waals surface area contributed by atoms with E-state index in [4.69, 9.17) is 14.2 Å². The van der Waals surface area contributed by atoms with Crippen LogP contribution in [0, 0.1) is 5.92 Å². The highest BCUT2D eigenvalue weighted by Gasteiger charge is 2.48. The predicted octanol–water partition coefficient (Wildman–Crippen LogP) is 6.11. The molecule has 1 aliphatic rings. The molecule has 0 spiro atoms. The fraction of sp³-hybridized carbons (Fsp3) is 0.345. The molecule has 0 saturated carbocycles. The monoisotopic (exact) mass is 444 g/mol. The number of carbonyl (C=O) groups is 1. The van der Waals surface area contributed by atoms with E-state index >= 15 is 0 Å². The highest BCUT2D eigenvalue weighted by molar-refractivity contribution is 5.70. The first kappa shape index (κ1) is 22.9. The summed E-state index contributed by atoms with van der Waals surface area (Å²) in [4.78, 5) is 12.4. The molecule has 0 N–H and O–H groups in total. The molecular formula is C29H32O4. The van der Waals surface area contributed by atoms with Gasteiger partial charge in [0.05, 0.1) is 20.8 Å². The Labute approximate surface area is 196 Å². The molecule has 4 rings (SSSR count). The second kappa shape index (κ2) is 9.70. The third-order valence-electron chi connectivity index (χ3n) is 6.96. The molecule has 0 saturated heterocycles. The van der Waals surface area contributed by atoms with Gasteiger partial charge in [-0.2, -0.15) is 0 Å². The van der Waals surface area contributed by atoms with Crippen LogP contribution in [0.3, 0.4) is 0 Å². The van der Waals surface area contributed by atoms with Crippen molar-refractivity contribution < 1.29 is 19.0 Å². The van der Waals surface area contributed by atoms with Gasteiger partial charge in [-0.1, -0.05) is 67.6 Å². The van der Waals surface area contributed by atoms with Crippen molar-refractivity contribution in [3.8, 4) is 11.5 Å². The summed E-state index contributed by atoms with van der Waals surface area (Å²) in [6, 6.07) is 25.5. The van der Waals surface area contributed by atoms with Gasteiger partial charge in [-0.3, -0.25) is 4.79 Å². The first-order valence-corrected chi connectivity index (χ1v) is 11.6. The van der Waals surface area contributed by atoms with Gasteiger partial charge in [0.2, 0.25) is 0 Å². The maximum Gasteiger partial charge on any atom is 0.306 e. The van der Waals surface area contributed by atoms with Gasteiger partial charge in [0, 0.05) is 11.8 Å². The summed E-state index contributed by atoms with van der Waals surface area (Å²) < 4.78 is 16.7. The zero-order chi connectivity index (χ0) is 23.4. The van der Waals surface area contributed by atoms with Gasteiger partial charge in [0.15, 0.2) is 11.5 Å². The van der Waals surface area contributed by atoms with Crippen LogP contribution in [-0.4, -0.2) is 26.8 Å². The van der Waals surface area contributed by atoms with Crippen LogP contribution in [0.25, 0.3) is 0 Å². The maximum atomic E-state index is 12.4. The van der Waals surface area contributed by atoms with Crippen LogP contribution in [-0.2, 0) is 14.9 Å². The molecule has 0 aliphatic heterocycles. The molecule has 2 unspecified atom stereocenters. The molecule has 3 aromatic carbocycles. The van der Waals surface area contributed by atoms with Crippen molar-refractivity contribution in [3.63, 3.8) is 0 Å². The fourth-order valence-corrected chi connectivity index (χ4v) is 5.41. The van der Waals surface area contributed by atoms with E-state index in [1.165, 1.54) is 22.3 Å². The number of hydrogen-bond donors (Lipinski definition) is 0. The van der Waals surface area contributed by atoms with E-state index in [-0.39, 0.29) is 23.2 Å². The summed E-state index contributed by atoms with van der Waals surface area (Å²) in [6.07, 6.45) is 1.24. The molecule has 2 atom stereocenters. The van der Waals surface area contributed by atoms with Crippen LogP contribution in [0.5, 0.6) is 11.5 Å². The summed E-state index contributed by atoms with van der Waals surface area (Å²) in [7, 11) is 3.34. The lowest BCUT2D eigenvalue weighted by molar-refractivity contribution is -0.144. The molecule has 0 bridgehead atoms. The lowest BCUT2D eigenvalue weighted by atomic mass is 9.69. The Morgan fingerprint density at radius 2 is 1.48 bits per heavy atom. The first-order chi connectivity index (χ1) is 16.0. The van der Waals surface area contributed by atoms with E-state index in [9.17, 15) is 4.79 Å². The Balaban J connectivity index is 1.95. The van der Waals surface area contributed by atoms with Crippen molar-refractivity contribution >= 4 is 5.97 Å². The van der Waals surface area contributed by atoms with Crippen LogP contribution >= 0.6 is 0 Å². The Hall–Kier alpha value is -3.27. The number of benzene rings is 3. The minimum absolute atomic E-state index is 0.107. The van der Waals surface area contributed by atoms with Crippen molar-refractivity contribution in [1.29, 1.82) is 0 Å². The minimum Gasteiger partial charge on any atom is -0.493 e. The first-order valence-electron chi connectivity index (χ1n) is 11.6. The Kier molecular flexibility index (Phi) is 6.73. The van der Waals surface area contributed by atoms with Gasteiger partial charge >= 0.3 is 5.97 Å². The van der Waals surface area contributed by atoms with E-state index < -0.39 is 0 Å². The molecule has 3 aromatic rings. The third kappa shape index (κ3) is 4.10. The van der Waals surface area contributed by atoms with Crippen LogP contribution in [0.4, 0.5) is 0 Å². The number of esters is 1. The van der Waals surface area contributed by atoms with Crippen LogP contribution in [0.1, 0.15) is 54.9 Å². The number of methoxy groups -OCH3 is 2. The van der Waals surface area contributed by atoms with E-state index in [1.807, 2.05) is 19.1 Å². The van der Waals surface area contributed by atoms with Gasteiger partial charge in [-0.25, -0.2) is 0 Å². The zero-order valence-corrected chi connectivity index (χ0v) is 19.8. The van der Waals surface area contributed by atoms with Crippen molar-refractivity contribution in [2.45, 2.75) is 38.0 Å². The largest absolute Gasteiger partial charge is 0.493 e. The molecule has 0 aromatic heterocycles. The Morgan fingerprint density at radius 3 is 2.00 bits per heavy atom.